The number of benzene rings is 2. The third kappa shape index (κ3) is 7.67. The number of para-hydroxylation sites is 1. The summed E-state index contributed by atoms with van der Waals surface area (Å²) in [4.78, 5) is 6.37. The molecule has 2 aromatic rings. The van der Waals surface area contributed by atoms with E-state index < -0.39 is 10.0 Å². The molecule has 2 aromatic carbocycles. The molecule has 0 radical (unpaired) electrons. The topological polar surface area (TPSA) is 73.8 Å². The zero-order valence-corrected chi connectivity index (χ0v) is 19.9. The first-order valence-electron chi connectivity index (χ1n) is 8.87. The molecule has 0 spiro atoms. The second-order valence-corrected chi connectivity index (χ2v) is 8.21. The third-order valence-electron chi connectivity index (χ3n) is 4.17. The van der Waals surface area contributed by atoms with E-state index >= 15 is 0 Å². The lowest BCUT2D eigenvalue weighted by Gasteiger charge is -2.23. The molecule has 0 heterocycles. The summed E-state index contributed by atoms with van der Waals surface area (Å²) in [6.45, 7) is 3.33. The molecule has 0 amide bonds. The number of aryl methyl sites for hydroxylation is 1. The molecule has 2 rings (SSSR count). The minimum Gasteiger partial charge on any atom is -0.352 e. The summed E-state index contributed by atoms with van der Waals surface area (Å²) in [5, 5.41) is 3.30. The molecule has 0 saturated carbocycles. The van der Waals surface area contributed by atoms with Gasteiger partial charge in [-0.2, -0.15) is 0 Å². The van der Waals surface area contributed by atoms with Gasteiger partial charge in [-0.1, -0.05) is 49.4 Å². The summed E-state index contributed by atoms with van der Waals surface area (Å²) in [6, 6.07) is 15.9. The first kappa shape index (κ1) is 24.2. The molecule has 0 aromatic heterocycles. The fourth-order valence-electron chi connectivity index (χ4n) is 2.76. The van der Waals surface area contributed by atoms with Crippen LogP contribution < -0.4 is 10.0 Å². The maximum absolute atomic E-state index is 11.5. The molecule has 0 aliphatic rings. The van der Waals surface area contributed by atoms with Gasteiger partial charge in [0.1, 0.15) is 0 Å². The van der Waals surface area contributed by atoms with Crippen LogP contribution in [0.2, 0.25) is 0 Å². The Morgan fingerprint density at radius 1 is 1.07 bits per heavy atom. The molecule has 0 aliphatic heterocycles. The zero-order valence-electron chi connectivity index (χ0n) is 16.8. The molecule has 0 saturated heterocycles. The minimum atomic E-state index is -3.33. The van der Waals surface area contributed by atoms with Crippen LogP contribution in [0.3, 0.4) is 0 Å². The lowest BCUT2D eigenvalue weighted by atomic mass is 10.1. The fraction of sp³-hybridized carbons (Fsp3) is 0.350. The van der Waals surface area contributed by atoms with Crippen molar-refractivity contribution in [1.82, 2.24) is 10.2 Å². The summed E-state index contributed by atoms with van der Waals surface area (Å²) < 4.78 is 25.6. The van der Waals surface area contributed by atoms with Gasteiger partial charge in [-0.25, -0.2) is 8.42 Å². The Hall–Kier alpha value is -1.81. The number of guanidine groups is 1. The van der Waals surface area contributed by atoms with Gasteiger partial charge in [0.15, 0.2) is 5.96 Å². The van der Waals surface area contributed by atoms with Crippen LogP contribution in [0.4, 0.5) is 5.69 Å². The number of anilines is 1. The van der Waals surface area contributed by atoms with Crippen molar-refractivity contribution in [2.24, 2.45) is 4.99 Å². The van der Waals surface area contributed by atoms with Crippen molar-refractivity contribution in [1.29, 1.82) is 0 Å². The van der Waals surface area contributed by atoms with Gasteiger partial charge in [0.05, 0.1) is 11.9 Å². The van der Waals surface area contributed by atoms with Crippen LogP contribution in [-0.4, -0.2) is 39.6 Å². The molecule has 0 atom stereocenters. The summed E-state index contributed by atoms with van der Waals surface area (Å²) in [7, 11) is 0.387. The number of halogens is 1. The van der Waals surface area contributed by atoms with E-state index in [0.29, 0.717) is 12.2 Å². The van der Waals surface area contributed by atoms with Crippen LogP contribution in [0.5, 0.6) is 0 Å². The molecule has 154 valence electrons. The van der Waals surface area contributed by atoms with Crippen molar-refractivity contribution >= 4 is 45.6 Å². The van der Waals surface area contributed by atoms with Crippen molar-refractivity contribution in [3.63, 3.8) is 0 Å². The average Bonchev–Trinajstić information content (AvgIpc) is 2.63. The predicted molar refractivity (Wildman–Crippen MR) is 128 cm³/mol. The van der Waals surface area contributed by atoms with E-state index in [9.17, 15) is 8.42 Å². The van der Waals surface area contributed by atoms with Crippen LogP contribution in [0, 0.1) is 0 Å². The second kappa shape index (κ2) is 11.3. The van der Waals surface area contributed by atoms with Crippen LogP contribution in [-0.2, 0) is 29.5 Å². The highest BCUT2D eigenvalue weighted by atomic mass is 127. The first-order valence-corrected chi connectivity index (χ1v) is 10.8. The molecule has 0 aliphatic carbocycles. The smallest absolute Gasteiger partial charge is 0.229 e. The van der Waals surface area contributed by atoms with Crippen molar-refractivity contribution in [3.05, 3.63) is 65.2 Å². The van der Waals surface area contributed by atoms with Gasteiger partial charge in [-0.15, -0.1) is 24.0 Å². The monoisotopic (exact) mass is 516 g/mol. The number of aliphatic imine (C=N–C) groups is 1. The van der Waals surface area contributed by atoms with E-state index in [0.717, 1.165) is 30.7 Å². The number of nitrogens with one attached hydrogen (secondary N) is 2. The maximum Gasteiger partial charge on any atom is 0.229 e. The van der Waals surface area contributed by atoms with E-state index in [1.54, 1.807) is 19.2 Å². The molecule has 8 heteroatoms. The molecule has 6 nitrogen and oxygen atoms in total. The van der Waals surface area contributed by atoms with Crippen LogP contribution >= 0.6 is 24.0 Å². The Balaban J connectivity index is 0.00000392. The van der Waals surface area contributed by atoms with E-state index in [2.05, 4.69) is 46.2 Å². The quantitative estimate of drug-likeness (QED) is 0.336. The van der Waals surface area contributed by atoms with Gasteiger partial charge in [0, 0.05) is 27.2 Å². The highest BCUT2D eigenvalue weighted by Crippen LogP contribution is 2.16. The van der Waals surface area contributed by atoms with E-state index in [1.165, 1.54) is 11.1 Å². The highest BCUT2D eigenvalue weighted by molar-refractivity contribution is 14.0. The average molecular weight is 516 g/mol. The Bertz CT molecular complexity index is 883. The summed E-state index contributed by atoms with van der Waals surface area (Å²) in [6.07, 6.45) is 2.17. The number of hydrogen-bond acceptors (Lipinski definition) is 3. The molecule has 0 unspecified atom stereocenters. The van der Waals surface area contributed by atoms with Crippen molar-refractivity contribution in [3.8, 4) is 0 Å². The zero-order chi connectivity index (χ0) is 19.9. The number of sulfonamides is 1. The Kier molecular flexibility index (Phi) is 9.74. The number of rotatable bonds is 7. The summed E-state index contributed by atoms with van der Waals surface area (Å²) in [5.74, 6) is 0.740. The molecular weight excluding hydrogens is 487 g/mol. The third-order valence-corrected chi connectivity index (χ3v) is 4.76. The van der Waals surface area contributed by atoms with Crippen molar-refractivity contribution in [2.45, 2.75) is 26.4 Å². The maximum atomic E-state index is 11.5. The SMILES string of the molecule is CCc1ccc(CN(C)C(=NC)NCc2ccccc2NS(C)(=O)=O)cc1.I. The van der Waals surface area contributed by atoms with E-state index in [4.69, 9.17) is 0 Å². The van der Waals surface area contributed by atoms with Gasteiger partial charge in [0.2, 0.25) is 10.0 Å². The summed E-state index contributed by atoms with van der Waals surface area (Å²) >= 11 is 0. The lowest BCUT2D eigenvalue weighted by molar-refractivity contribution is 0.476. The Morgan fingerprint density at radius 2 is 1.68 bits per heavy atom. The Labute approximate surface area is 185 Å². The van der Waals surface area contributed by atoms with Gasteiger partial charge in [-0.05, 0) is 29.2 Å². The van der Waals surface area contributed by atoms with Gasteiger partial charge in [-0.3, -0.25) is 9.71 Å². The Morgan fingerprint density at radius 3 is 2.25 bits per heavy atom. The standard InChI is InChI=1S/C20H28N4O2S.HI/c1-5-16-10-12-17(13-11-16)15-24(3)20(21-2)22-14-18-8-6-7-9-19(18)23-27(4,25)26;/h6-13,23H,5,14-15H2,1-4H3,(H,21,22);1H. The predicted octanol–water partition coefficient (Wildman–Crippen LogP) is 3.45. The van der Waals surface area contributed by atoms with Crippen LogP contribution in [0.15, 0.2) is 53.5 Å². The second-order valence-electron chi connectivity index (χ2n) is 6.46. The first-order chi connectivity index (χ1) is 12.8. The molecule has 0 bridgehead atoms. The van der Waals surface area contributed by atoms with E-state index in [1.807, 2.05) is 24.1 Å². The molecular formula is C20H29IN4O2S. The van der Waals surface area contributed by atoms with Gasteiger partial charge in [0.25, 0.3) is 0 Å². The summed E-state index contributed by atoms with van der Waals surface area (Å²) in [5.41, 5.74) is 3.95. The molecule has 0 fully saturated rings. The highest BCUT2D eigenvalue weighted by Gasteiger charge is 2.10. The van der Waals surface area contributed by atoms with Crippen LogP contribution in [0.1, 0.15) is 23.6 Å². The van der Waals surface area contributed by atoms with Gasteiger partial charge < -0.3 is 10.2 Å². The largest absolute Gasteiger partial charge is 0.352 e. The minimum absolute atomic E-state index is 0. The molecule has 28 heavy (non-hydrogen) atoms. The van der Waals surface area contributed by atoms with Crippen LogP contribution in [0.25, 0.3) is 0 Å². The normalized spacial score (nSPS) is 11.5. The molecule has 2 N–H and O–H groups in total. The van der Waals surface area contributed by atoms with Crippen molar-refractivity contribution in [2.75, 3.05) is 25.1 Å². The number of hydrogen-bond donors (Lipinski definition) is 2. The van der Waals surface area contributed by atoms with Crippen molar-refractivity contribution < 1.29 is 8.42 Å². The van der Waals surface area contributed by atoms with E-state index in [-0.39, 0.29) is 24.0 Å². The lowest BCUT2D eigenvalue weighted by Crippen LogP contribution is -2.38. The fourth-order valence-corrected chi connectivity index (χ4v) is 3.36. The number of nitrogens with zero attached hydrogens (tertiary/aromatic N) is 2. The van der Waals surface area contributed by atoms with Gasteiger partial charge >= 0.3 is 0 Å².